The van der Waals surface area contributed by atoms with Crippen LogP contribution in [0.1, 0.15) is 26.7 Å². The van der Waals surface area contributed by atoms with Gasteiger partial charge in [-0.05, 0) is 25.1 Å². The Hall–Kier alpha value is -0.0200. The molecule has 1 rings (SSSR count). The molecule has 1 aliphatic rings. The Morgan fingerprint density at radius 2 is 2.21 bits per heavy atom. The number of rotatable bonds is 4. The van der Waals surface area contributed by atoms with Crippen molar-refractivity contribution in [2.24, 2.45) is 5.92 Å². The van der Waals surface area contributed by atoms with Gasteiger partial charge in [0.1, 0.15) is 5.78 Å². The molecule has 1 atom stereocenters. The normalized spacial score (nSPS) is 21.6. The summed E-state index contributed by atoms with van der Waals surface area (Å²) in [4.78, 5) is 14.0. The fraction of sp³-hybridized carbons (Fsp3) is 0.909. The van der Waals surface area contributed by atoms with Gasteiger partial charge in [0.2, 0.25) is 0 Å². The fourth-order valence-corrected chi connectivity index (χ4v) is 2.48. The Morgan fingerprint density at radius 1 is 1.43 bits per heavy atom. The van der Waals surface area contributed by atoms with Crippen LogP contribution in [-0.2, 0) is 4.79 Å². The lowest BCUT2D eigenvalue weighted by Gasteiger charge is -2.20. The minimum Gasteiger partial charge on any atom is -0.298 e. The average molecular weight is 215 g/mol. The van der Waals surface area contributed by atoms with Crippen molar-refractivity contribution < 1.29 is 4.79 Å². The molecule has 0 radical (unpaired) electrons. The van der Waals surface area contributed by atoms with Gasteiger partial charge in [0.05, 0.1) is 6.54 Å². The van der Waals surface area contributed by atoms with Gasteiger partial charge in [-0.25, -0.2) is 0 Å². The van der Waals surface area contributed by atoms with E-state index in [2.05, 4.69) is 11.8 Å². The van der Waals surface area contributed by atoms with Gasteiger partial charge in [-0.15, -0.1) is 0 Å². The molecular weight excluding hydrogens is 194 g/mol. The highest BCUT2D eigenvalue weighted by Crippen LogP contribution is 2.11. The average Bonchev–Trinajstić information content (AvgIpc) is 2.45. The Balaban J connectivity index is 2.30. The van der Waals surface area contributed by atoms with Crippen molar-refractivity contribution in [1.29, 1.82) is 0 Å². The van der Waals surface area contributed by atoms with E-state index in [1.165, 1.54) is 17.9 Å². The first-order valence-electron chi connectivity index (χ1n) is 5.57. The highest BCUT2D eigenvalue weighted by Gasteiger charge is 2.16. The van der Waals surface area contributed by atoms with E-state index in [-0.39, 0.29) is 5.92 Å². The lowest BCUT2D eigenvalue weighted by Crippen LogP contribution is -2.34. The van der Waals surface area contributed by atoms with Crippen LogP contribution in [0.25, 0.3) is 0 Å². The number of carbonyl (C=O) groups excluding carboxylic acids is 1. The van der Waals surface area contributed by atoms with Crippen molar-refractivity contribution in [1.82, 2.24) is 4.90 Å². The number of ketones is 1. The van der Waals surface area contributed by atoms with E-state index in [1.807, 2.05) is 18.7 Å². The molecule has 2 nitrogen and oxygen atoms in total. The standard InChI is InChI=1S/C11H21NOS/c1-3-10(2)11(13)9-12-5-4-7-14-8-6-12/h10H,3-9H2,1-2H3. The summed E-state index contributed by atoms with van der Waals surface area (Å²) in [6.45, 7) is 6.99. The molecule has 1 saturated heterocycles. The summed E-state index contributed by atoms with van der Waals surface area (Å²) in [5, 5.41) is 0. The maximum absolute atomic E-state index is 11.7. The van der Waals surface area contributed by atoms with E-state index in [0.29, 0.717) is 12.3 Å². The molecule has 0 aromatic rings. The quantitative estimate of drug-likeness (QED) is 0.716. The van der Waals surface area contributed by atoms with Gasteiger partial charge in [0.15, 0.2) is 0 Å². The zero-order valence-electron chi connectivity index (χ0n) is 9.29. The van der Waals surface area contributed by atoms with Gasteiger partial charge in [0, 0.05) is 18.2 Å². The Kier molecular flexibility index (Phi) is 5.56. The molecule has 82 valence electrons. The van der Waals surface area contributed by atoms with Crippen LogP contribution in [0, 0.1) is 5.92 Å². The lowest BCUT2D eigenvalue weighted by molar-refractivity contribution is -0.123. The van der Waals surface area contributed by atoms with Crippen molar-refractivity contribution in [2.75, 3.05) is 31.1 Å². The summed E-state index contributed by atoms with van der Waals surface area (Å²) in [5.41, 5.74) is 0. The number of carbonyl (C=O) groups is 1. The van der Waals surface area contributed by atoms with Gasteiger partial charge in [-0.2, -0.15) is 11.8 Å². The zero-order chi connectivity index (χ0) is 10.4. The maximum atomic E-state index is 11.7. The summed E-state index contributed by atoms with van der Waals surface area (Å²) in [7, 11) is 0. The predicted octanol–water partition coefficient (Wildman–Crippen LogP) is 2.04. The van der Waals surface area contributed by atoms with E-state index >= 15 is 0 Å². The first-order chi connectivity index (χ1) is 6.74. The zero-order valence-corrected chi connectivity index (χ0v) is 10.1. The van der Waals surface area contributed by atoms with Crippen LogP contribution in [0.3, 0.4) is 0 Å². The minimum absolute atomic E-state index is 0.242. The summed E-state index contributed by atoms with van der Waals surface area (Å²) in [6, 6.07) is 0. The molecule has 0 aromatic heterocycles. The molecule has 3 heteroatoms. The molecule has 0 bridgehead atoms. The Bertz CT molecular complexity index is 176. The van der Waals surface area contributed by atoms with Crippen molar-refractivity contribution in [2.45, 2.75) is 26.7 Å². The van der Waals surface area contributed by atoms with Gasteiger partial charge in [-0.1, -0.05) is 13.8 Å². The summed E-state index contributed by atoms with van der Waals surface area (Å²) in [5.74, 6) is 3.10. The van der Waals surface area contributed by atoms with E-state index in [4.69, 9.17) is 0 Å². The number of nitrogens with zero attached hydrogens (tertiary/aromatic N) is 1. The van der Waals surface area contributed by atoms with Gasteiger partial charge < -0.3 is 0 Å². The molecule has 0 spiro atoms. The molecule has 0 aliphatic carbocycles. The third-order valence-electron chi connectivity index (χ3n) is 2.86. The van der Waals surface area contributed by atoms with Crippen LogP contribution in [0.2, 0.25) is 0 Å². The third-order valence-corrected chi connectivity index (χ3v) is 3.90. The van der Waals surface area contributed by atoms with Crippen molar-refractivity contribution >= 4 is 17.5 Å². The van der Waals surface area contributed by atoms with Crippen molar-refractivity contribution in [3.63, 3.8) is 0 Å². The van der Waals surface area contributed by atoms with Crippen LogP contribution >= 0.6 is 11.8 Å². The maximum Gasteiger partial charge on any atom is 0.149 e. The molecule has 0 N–H and O–H groups in total. The molecule has 1 fully saturated rings. The predicted molar refractivity (Wildman–Crippen MR) is 62.8 cm³/mol. The van der Waals surface area contributed by atoms with Gasteiger partial charge >= 0.3 is 0 Å². The SMILES string of the molecule is CCC(C)C(=O)CN1CCCSCC1. The molecule has 0 amide bonds. The smallest absolute Gasteiger partial charge is 0.149 e. The second-order valence-electron chi connectivity index (χ2n) is 4.02. The molecule has 0 aromatic carbocycles. The van der Waals surface area contributed by atoms with Crippen LogP contribution in [0.4, 0.5) is 0 Å². The Morgan fingerprint density at radius 3 is 2.93 bits per heavy atom. The molecule has 0 saturated carbocycles. The molecule has 1 heterocycles. The van der Waals surface area contributed by atoms with Gasteiger partial charge in [0.25, 0.3) is 0 Å². The first kappa shape index (κ1) is 12.1. The van der Waals surface area contributed by atoms with Crippen LogP contribution in [-0.4, -0.2) is 41.8 Å². The topological polar surface area (TPSA) is 20.3 Å². The van der Waals surface area contributed by atoms with Crippen molar-refractivity contribution in [3.8, 4) is 0 Å². The highest BCUT2D eigenvalue weighted by molar-refractivity contribution is 7.99. The first-order valence-corrected chi connectivity index (χ1v) is 6.72. The van der Waals surface area contributed by atoms with Gasteiger partial charge in [-0.3, -0.25) is 9.69 Å². The molecular formula is C11H21NOS. The van der Waals surface area contributed by atoms with E-state index < -0.39 is 0 Å². The van der Waals surface area contributed by atoms with Crippen LogP contribution < -0.4 is 0 Å². The monoisotopic (exact) mass is 215 g/mol. The second-order valence-corrected chi connectivity index (χ2v) is 5.24. The summed E-state index contributed by atoms with van der Waals surface area (Å²) >= 11 is 2.01. The largest absolute Gasteiger partial charge is 0.298 e. The van der Waals surface area contributed by atoms with E-state index in [0.717, 1.165) is 19.5 Å². The minimum atomic E-state index is 0.242. The van der Waals surface area contributed by atoms with Crippen LogP contribution in [0.15, 0.2) is 0 Å². The lowest BCUT2D eigenvalue weighted by atomic mass is 10.0. The van der Waals surface area contributed by atoms with E-state index in [1.54, 1.807) is 0 Å². The fourth-order valence-electron chi connectivity index (χ4n) is 1.56. The second kappa shape index (κ2) is 6.46. The van der Waals surface area contributed by atoms with Crippen LogP contribution in [0.5, 0.6) is 0 Å². The Labute approximate surface area is 91.4 Å². The summed E-state index contributed by atoms with van der Waals surface area (Å²) in [6.07, 6.45) is 2.21. The molecule has 1 aliphatic heterocycles. The number of thioether (sulfide) groups is 1. The summed E-state index contributed by atoms with van der Waals surface area (Å²) < 4.78 is 0. The van der Waals surface area contributed by atoms with Crippen molar-refractivity contribution in [3.05, 3.63) is 0 Å². The highest BCUT2D eigenvalue weighted by atomic mass is 32.2. The number of hydrogen-bond donors (Lipinski definition) is 0. The number of Topliss-reactive ketones (excluding diaryl/α,β-unsaturated/α-hetero) is 1. The van der Waals surface area contributed by atoms with E-state index in [9.17, 15) is 4.79 Å². The molecule has 1 unspecified atom stereocenters. The number of hydrogen-bond acceptors (Lipinski definition) is 3. The third kappa shape index (κ3) is 4.01. The molecule has 14 heavy (non-hydrogen) atoms.